The number of halogens is 1. The summed E-state index contributed by atoms with van der Waals surface area (Å²) in [6.07, 6.45) is 4.18. The maximum Gasteiger partial charge on any atom is 0.152 e. The van der Waals surface area contributed by atoms with E-state index in [1.54, 1.807) is 12.4 Å². The molecular formula is C8H5BrN2O. The van der Waals surface area contributed by atoms with Gasteiger partial charge < -0.3 is 4.98 Å². The first-order valence-corrected chi connectivity index (χ1v) is 4.18. The van der Waals surface area contributed by atoms with Crippen molar-refractivity contribution in [3.8, 4) is 0 Å². The Morgan fingerprint density at radius 2 is 2.42 bits per heavy atom. The number of H-pyrrole nitrogens is 1. The molecule has 0 aliphatic carbocycles. The Morgan fingerprint density at radius 1 is 1.58 bits per heavy atom. The third-order valence-electron chi connectivity index (χ3n) is 1.69. The Morgan fingerprint density at radius 3 is 3.17 bits per heavy atom. The fourth-order valence-corrected chi connectivity index (χ4v) is 1.45. The third kappa shape index (κ3) is 1.04. The molecule has 2 heterocycles. The van der Waals surface area contributed by atoms with E-state index in [2.05, 4.69) is 25.9 Å². The molecule has 0 aliphatic heterocycles. The highest BCUT2D eigenvalue weighted by Gasteiger charge is 2.02. The minimum atomic E-state index is 0.660. The molecule has 4 heteroatoms. The Balaban J connectivity index is 2.83. The highest BCUT2D eigenvalue weighted by Crippen LogP contribution is 2.18. The number of aldehydes is 1. The first kappa shape index (κ1) is 7.49. The lowest BCUT2D eigenvalue weighted by molar-refractivity contribution is 0.112. The van der Waals surface area contributed by atoms with Crippen molar-refractivity contribution in [1.82, 2.24) is 9.97 Å². The van der Waals surface area contributed by atoms with Crippen molar-refractivity contribution in [2.45, 2.75) is 0 Å². The number of pyridine rings is 1. The molecule has 0 unspecified atom stereocenters. The van der Waals surface area contributed by atoms with Crippen molar-refractivity contribution in [3.63, 3.8) is 0 Å². The number of hydrogen-bond acceptors (Lipinski definition) is 2. The van der Waals surface area contributed by atoms with Gasteiger partial charge in [0.25, 0.3) is 0 Å². The topological polar surface area (TPSA) is 45.8 Å². The van der Waals surface area contributed by atoms with Crippen molar-refractivity contribution < 1.29 is 4.79 Å². The number of aromatic nitrogens is 2. The number of carbonyl (C=O) groups is 1. The molecule has 60 valence electrons. The summed E-state index contributed by atoms with van der Waals surface area (Å²) in [5.74, 6) is 0. The van der Waals surface area contributed by atoms with E-state index >= 15 is 0 Å². The molecule has 0 aliphatic rings. The van der Waals surface area contributed by atoms with Crippen LogP contribution >= 0.6 is 15.9 Å². The van der Waals surface area contributed by atoms with Crippen molar-refractivity contribution in [1.29, 1.82) is 0 Å². The van der Waals surface area contributed by atoms with Crippen molar-refractivity contribution >= 4 is 33.1 Å². The summed E-state index contributed by atoms with van der Waals surface area (Å²) in [7, 11) is 0. The van der Waals surface area contributed by atoms with Crippen molar-refractivity contribution in [3.05, 3.63) is 28.6 Å². The van der Waals surface area contributed by atoms with Gasteiger partial charge in [0.1, 0.15) is 4.60 Å². The van der Waals surface area contributed by atoms with Gasteiger partial charge in [-0.05, 0) is 22.0 Å². The summed E-state index contributed by atoms with van der Waals surface area (Å²) >= 11 is 3.24. The highest BCUT2D eigenvalue weighted by atomic mass is 79.9. The van der Waals surface area contributed by atoms with E-state index in [-0.39, 0.29) is 0 Å². The van der Waals surface area contributed by atoms with Crippen LogP contribution in [-0.4, -0.2) is 16.3 Å². The van der Waals surface area contributed by atoms with Gasteiger partial charge in [0, 0.05) is 17.1 Å². The molecule has 2 aromatic rings. The van der Waals surface area contributed by atoms with E-state index in [4.69, 9.17) is 0 Å². The van der Waals surface area contributed by atoms with Gasteiger partial charge >= 0.3 is 0 Å². The van der Waals surface area contributed by atoms with E-state index in [0.29, 0.717) is 5.56 Å². The fraction of sp³-hybridized carbons (Fsp3) is 0. The minimum absolute atomic E-state index is 0.660. The highest BCUT2D eigenvalue weighted by molar-refractivity contribution is 9.10. The predicted molar refractivity (Wildman–Crippen MR) is 49.2 cm³/mol. The molecule has 3 nitrogen and oxygen atoms in total. The zero-order valence-electron chi connectivity index (χ0n) is 6.04. The number of hydrogen-bond donors (Lipinski definition) is 1. The van der Waals surface area contributed by atoms with Crippen LogP contribution in [0.15, 0.2) is 23.1 Å². The van der Waals surface area contributed by atoms with Gasteiger partial charge in [-0.2, -0.15) is 0 Å². The van der Waals surface area contributed by atoms with Crippen LogP contribution in [0.2, 0.25) is 0 Å². The van der Waals surface area contributed by atoms with Gasteiger partial charge in [-0.25, -0.2) is 4.98 Å². The molecule has 2 rings (SSSR count). The maximum atomic E-state index is 10.5. The molecule has 2 aromatic heterocycles. The van der Waals surface area contributed by atoms with Crippen LogP contribution in [0.1, 0.15) is 10.4 Å². The molecule has 0 aromatic carbocycles. The molecular weight excluding hydrogens is 220 g/mol. The Labute approximate surface area is 76.9 Å². The molecule has 0 spiro atoms. The van der Waals surface area contributed by atoms with Crippen LogP contribution in [0.4, 0.5) is 0 Å². The van der Waals surface area contributed by atoms with Gasteiger partial charge in [-0.15, -0.1) is 0 Å². The standard InChI is InChI=1S/C8H5BrN2O/c9-8-1-6-5(4-12)2-10-7(6)3-11-8/h1-4,10H. The summed E-state index contributed by atoms with van der Waals surface area (Å²) in [5, 5.41) is 0.895. The van der Waals surface area contributed by atoms with Crippen LogP contribution in [0.25, 0.3) is 10.9 Å². The number of rotatable bonds is 1. The predicted octanol–water partition coefficient (Wildman–Crippen LogP) is 2.14. The lowest BCUT2D eigenvalue weighted by Crippen LogP contribution is -1.77. The second-order valence-corrected chi connectivity index (χ2v) is 3.23. The summed E-state index contributed by atoms with van der Waals surface area (Å²) in [6, 6.07) is 1.82. The average molecular weight is 225 g/mol. The average Bonchev–Trinajstić information content (AvgIpc) is 2.46. The zero-order chi connectivity index (χ0) is 8.55. The molecule has 0 bridgehead atoms. The van der Waals surface area contributed by atoms with Crippen molar-refractivity contribution in [2.75, 3.05) is 0 Å². The van der Waals surface area contributed by atoms with Crippen LogP contribution < -0.4 is 0 Å². The normalized spacial score (nSPS) is 10.4. The number of carbonyl (C=O) groups excluding carboxylic acids is 1. The minimum Gasteiger partial charge on any atom is -0.359 e. The molecule has 0 amide bonds. The fourth-order valence-electron chi connectivity index (χ4n) is 1.11. The molecule has 0 fully saturated rings. The largest absolute Gasteiger partial charge is 0.359 e. The van der Waals surface area contributed by atoms with Gasteiger partial charge in [0.2, 0.25) is 0 Å². The number of aromatic amines is 1. The van der Waals surface area contributed by atoms with Gasteiger partial charge in [0.05, 0.1) is 11.7 Å². The molecule has 0 radical (unpaired) electrons. The quantitative estimate of drug-likeness (QED) is 0.596. The van der Waals surface area contributed by atoms with Crippen molar-refractivity contribution in [2.24, 2.45) is 0 Å². The zero-order valence-corrected chi connectivity index (χ0v) is 7.63. The summed E-state index contributed by atoms with van der Waals surface area (Å²) in [5.41, 5.74) is 1.54. The molecule has 1 N–H and O–H groups in total. The van der Waals surface area contributed by atoms with E-state index in [9.17, 15) is 4.79 Å². The Kier molecular flexibility index (Phi) is 1.69. The molecule has 0 saturated carbocycles. The van der Waals surface area contributed by atoms with E-state index < -0.39 is 0 Å². The monoisotopic (exact) mass is 224 g/mol. The summed E-state index contributed by atoms with van der Waals surface area (Å²) in [6.45, 7) is 0. The first-order valence-electron chi connectivity index (χ1n) is 3.39. The number of nitrogens with zero attached hydrogens (tertiary/aromatic N) is 1. The van der Waals surface area contributed by atoms with Gasteiger partial charge in [-0.3, -0.25) is 4.79 Å². The van der Waals surface area contributed by atoms with Crippen LogP contribution in [-0.2, 0) is 0 Å². The van der Waals surface area contributed by atoms with Crippen LogP contribution in [0.5, 0.6) is 0 Å². The lowest BCUT2D eigenvalue weighted by atomic mass is 10.2. The maximum absolute atomic E-state index is 10.5. The SMILES string of the molecule is O=Cc1c[nH]c2cnc(Br)cc12. The van der Waals surface area contributed by atoms with E-state index in [0.717, 1.165) is 21.8 Å². The third-order valence-corrected chi connectivity index (χ3v) is 2.13. The molecule has 12 heavy (non-hydrogen) atoms. The molecule has 0 saturated heterocycles. The summed E-state index contributed by atoms with van der Waals surface area (Å²) < 4.78 is 0.734. The van der Waals surface area contributed by atoms with E-state index in [1.165, 1.54) is 0 Å². The second kappa shape index (κ2) is 2.71. The van der Waals surface area contributed by atoms with Crippen LogP contribution in [0, 0.1) is 0 Å². The van der Waals surface area contributed by atoms with E-state index in [1.807, 2.05) is 6.07 Å². The Bertz CT molecular complexity index is 436. The smallest absolute Gasteiger partial charge is 0.152 e. The van der Waals surface area contributed by atoms with Crippen LogP contribution in [0.3, 0.4) is 0 Å². The second-order valence-electron chi connectivity index (χ2n) is 2.41. The molecule has 0 atom stereocenters. The number of nitrogens with one attached hydrogen (secondary N) is 1. The van der Waals surface area contributed by atoms with Gasteiger partial charge in [-0.1, -0.05) is 0 Å². The Hall–Kier alpha value is -1.16. The first-order chi connectivity index (χ1) is 5.81. The number of fused-ring (bicyclic) bond motifs is 1. The lowest BCUT2D eigenvalue weighted by Gasteiger charge is -1.90. The summed E-state index contributed by atoms with van der Waals surface area (Å²) in [4.78, 5) is 17.5. The van der Waals surface area contributed by atoms with Gasteiger partial charge in [0.15, 0.2) is 6.29 Å².